The highest BCUT2D eigenvalue weighted by molar-refractivity contribution is 5.59. The normalized spacial score (nSPS) is 12.5. The Labute approximate surface area is 44.8 Å². The molecule has 0 radical (unpaired) electrons. The molecule has 8 heavy (non-hydrogen) atoms. The second-order valence-electron chi connectivity index (χ2n) is 0.693. The van der Waals surface area contributed by atoms with Crippen molar-refractivity contribution in [1.29, 1.82) is 0 Å². The molecule has 6 heteroatoms. The van der Waals surface area contributed by atoms with Gasteiger partial charge in [0.1, 0.15) is 0 Å². The van der Waals surface area contributed by atoms with Crippen LogP contribution in [0.15, 0.2) is 20.5 Å². The summed E-state index contributed by atoms with van der Waals surface area (Å²) in [5, 5.41) is 26.4. The number of azo groups is 1. The average molecular weight is 116 g/mol. The molecule has 6 nitrogen and oxygen atoms in total. The first kappa shape index (κ1) is 6.54. The molecule has 0 bridgehead atoms. The molecule has 0 saturated carbocycles. The van der Waals surface area contributed by atoms with Crippen LogP contribution in [0.2, 0.25) is 0 Å². The second-order valence-corrected chi connectivity index (χ2v) is 0.693. The molecule has 0 amide bonds. The van der Waals surface area contributed by atoms with E-state index < -0.39 is 0 Å². The van der Waals surface area contributed by atoms with E-state index in [0.29, 0.717) is 0 Å². The van der Waals surface area contributed by atoms with Crippen molar-refractivity contribution in [2.75, 3.05) is 0 Å². The van der Waals surface area contributed by atoms with Crippen LogP contribution in [0.4, 0.5) is 0 Å². The topological polar surface area (TPSA) is 89.9 Å². The summed E-state index contributed by atoms with van der Waals surface area (Å²) in [5.41, 5.74) is 0. The molecular weight excluding hydrogens is 112 g/mol. The molecule has 0 heterocycles. The van der Waals surface area contributed by atoms with Crippen LogP contribution in [-0.2, 0) is 0 Å². The third-order valence-electron chi connectivity index (χ3n) is 0.273. The van der Waals surface area contributed by atoms with Crippen molar-refractivity contribution < 1.29 is 10.4 Å². The van der Waals surface area contributed by atoms with Crippen LogP contribution in [0.25, 0.3) is 0 Å². The number of rotatable bonds is 2. The summed E-state index contributed by atoms with van der Waals surface area (Å²) in [6.07, 6.45) is 1.59. The summed E-state index contributed by atoms with van der Waals surface area (Å²) < 4.78 is 0. The van der Waals surface area contributed by atoms with Crippen LogP contribution in [-0.4, -0.2) is 23.1 Å². The van der Waals surface area contributed by atoms with E-state index in [9.17, 15) is 0 Å². The van der Waals surface area contributed by atoms with Gasteiger partial charge in [-0.2, -0.15) is 0 Å². The summed E-state index contributed by atoms with van der Waals surface area (Å²) in [6, 6.07) is 0. The van der Waals surface area contributed by atoms with Gasteiger partial charge in [0, 0.05) is 0 Å². The molecule has 0 atom stereocenters. The van der Waals surface area contributed by atoms with Crippen LogP contribution in [0, 0.1) is 0 Å². The Kier molecular flexibility index (Phi) is 4.53. The molecule has 0 rings (SSSR count). The van der Waals surface area contributed by atoms with E-state index in [0.717, 1.165) is 12.7 Å². The highest BCUT2D eigenvalue weighted by Crippen LogP contribution is 1.63. The lowest BCUT2D eigenvalue weighted by molar-refractivity contribution is 0.319. The van der Waals surface area contributed by atoms with Gasteiger partial charge in [-0.1, -0.05) is 10.3 Å². The zero-order valence-electron chi connectivity index (χ0n) is 3.84. The SMILES string of the molecule is ON=CN=NC=NO. The second kappa shape index (κ2) is 5.54. The summed E-state index contributed by atoms with van der Waals surface area (Å²) in [5.74, 6) is 0. The molecule has 0 aromatic rings. The zero-order valence-corrected chi connectivity index (χ0v) is 3.84. The Morgan fingerprint density at radius 3 is 1.50 bits per heavy atom. The molecule has 0 aliphatic rings. The highest BCUT2D eigenvalue weighted by atomic mass is 16.4. The van der Waals surface area contributed by atoms with Crippen molar-refractivity contribution in [3.63, 3.8) is 0 Å². The number of hydrogen-bond donors (Lipinski definition) is 2. The number of hydrogen-bond acceptors (Lipinski definition) is 4. The van der Waals surface area contributed by atoms with Gasteiger partial charge in [-0.25, -0.2) is 0 Å². The molecule has 2 N–H and O–H groups in total. The van der Waals surface area contributed by atoms with Crippen LogP contribution >= 0.6 is 0 Å². The molecule has 44 valence electrons. The van der Waals surface area contributed by atoms with Crippen molar-refractivity contribution in [2.45, 2.75) is 0 Å². The smallest absolute Gasteiger partial charge is 0.177 e. The predicted molar refractivity (Wildman–Crippen MR) is 25.4 cm³/mol. The van der Waals surface area contributed by atoms with Crippen LogP contribution < -0.4 is 0 Å². The molecule has 0 aromatic carbocycles. The van der Waals surface area contributed by atoms with E-state index in [2.05, 4.69) is 20.5 Å². The fourth-order valence-corrected chi connectivity index (χ4v) is 0.106. The minimum atomic E-state index is 0.793. The maximum absolute atomic E-state index is 7.67. The van der Waals surface area contributed by atoms with Gasteiger partial charge in [-0.15, -0.1) is 10.2 Å². The summed E-state index contributed by atoms with van der Waals surface area (Å²) in [6.45, 7) is 0. The Hall–Kier alpha value is -1.46. The lowest BCUT2D eigenvalue weighted by Crippen LogP contribution is -1.64. The van der Waals surface area contributed by atoms with Crippen molar-refractivity contribution in [1.82, 2.24) is 0 Å². The van der Waals surface area contributed by atoms with Gasteiger partial charge >= 0.3 is 0 Å². The standard InChI is InChI=1S/C2H4N4O2/c7-5-1-3-4-2-6-8/h1-2,7-8H. The first-order valence-electron chi connectivity index (χ1n) is 1.63. The van der Waals surface area contributed by atoms with E-state index >= 15 is 0 Å². The predicted octanol–water partition coefficient (Wildman–Crippen LogP) is 0.274. The van der Waals surface area contributed by atoms with E-state index in [1.807, 2.05) is 0 Å². The fourth-order valence-electron chi connectivity index (χ4n) is 0.106. The number of oxime groups is 2. The highest BCUT2D eigenvalue weighted by Gasteiger charge is 1.59. The lowest BCUT2D eigenvalue weighted by atomic mass is 11.3. The van der Waals surface area contributed by atoms with Gasteiger partial charge in [0.15, 0.2) is 12.7 Å². The molecule has 0 saturated heterocycles. The zero-order chi connectivity index (χ0) is 6.24. The molecule has 0 aliphatic heterocycles. The van der Waals surface area contributed by atoms with Gasteiger partial charge in [-0.05, 0) is 0 Å². The molecule has 0 fully saturated rings. The van der Waals surface area contributed by atoms with Crippen molar-refractivity contribution in [2.24, 2.45) is 20.5 Å². The molecular formula is C2H4N4O2. The quantitative estimate of drug-likeness (QED) is 0.178. The third-order valence-corrected chi connectivity index (χ3v) is 0.273. The Bertz CT molecular complexity index is 103. The maximum atomic E-state index is 7.67. The number of nitrogens with zero attached hydrogens (tertiary/aromatic N) is 4. The van der Waals surface area contributed by atoms with Gasteiger partial charge in [0.25, 0.3) is 0 Å². The van der Waals surface area contributed by atoms with E-state index in [1.165, 1.54) is 0 Å². The van der Waals surface area contributed by atoms with Crippen molar-refractivity contribution in [3.05, 3.63) is 0 Å². The Morgan fingerprint density at radius 1 is 0.875 bits per heavy atom. The molecule has 0 unspecified atom stereocenters. The lowest BCUT2D eigenvalue weighted by Gasteiger charge is -1.66. The van der Waals surface area contributed by atoms with Crippen LogP contribution in [0.1, 0.15) is 0 Å². The molecule has 0 aliphatic carbocycles. The van der Waals surface area contributed by atoms with Gasteiger partial charge in [0.05, 0.1) is 0 Å². The Balaban J connectivity index is 3.35. The first-order chi connectivity index (χ1) is 3.91. The van der Waals surface area contributed by atoms with Crippen molar-refractivity contribution in [3.8, 4) is 0 Å². The monoisotopic (exact) mass is 116 g/mol. The minimum Gasteiger partial charge on any atom is -0.410 e. The van der Waals surface area contributed by atoms with E-state index in [4.69, 9.17) is 10.4 Å². The third kappa shape index (κ3) is 4.54. The van der Waals surface area contributed by atoms with Gasteiger partial charge in [0.2, 0.25) is 0 Å². The van der Waals surface area contributed by atoms with E-state index in [-0.39, 0.29) is 0 Å². The molecule has 0 aromatic heterocycles. The fraction of sp³-hybridized carbons (Fsp3) is 0. The first-order valence-corrected chi connectivity index (χ1v) is 1.63. The summed E-state index contributed by atoms with van der Waals surface area (Å²) >= 11 is 0. The largest absolute Gasteiger partial charge is 0.410 e. The summed E-state index contributed by atoms with van der Waals surface area (Å²) in [7, 11) is 0. The van der Waals surface area contributed by atoms with Gasteiger partial charge < -0.3 is 10.4 Å². The minimum absolute atomic E-state index is 0.793. The molecule has 0 spiro atoms. The van der Waals surface area contributed by atoms with Crippen LogP contribution in [0.3, 0.4) is 0 Å². The van der Waals surface area contributed by atoms with Crippen LogP contribution in [0.5, 0.6) is 0 Å². The average Bonchev–Trinajstić information content (AvgIpc) is 1.81. The summed E-state index contributed by atoms with van der Waals surface area (Å²) in [4.78, 5) is 0. The van der Waals surface area contributed by atoms with Crippen molar-refractivity contribution >= 4 is 12.7 Å². The maximum Gasteiger partial charge on any atom is 0.177 e. The van der Waals surface area contributed by atoms with Gasteiger partial charge in [-0.3, -0.25) is 0 Å². The Morgan fingerprint density at radius 2 is 1.25 bits per heavy atom. The van der Waals surface area contributed by atoms with E-state index in [1.54, 1.807) is 0 Å².